The molecular formula is C22H25NO8. The smallest absolute Gasteiger partial charge is 0.414 e. The van der Waals surface area contributed by atoms with E-state index in [4.69, 9.17) is 34.0 Å². The van der Waals surface area contributed by atoms with Gasteiger partial charge in [-0.05, 0) is 30.7 Å². The number of benzene rings is 2. The molecule has 1 saturated heterocycles. The molecule has 0 bridgehead atoms. The first-order chi connectivity index (χ1) is 14.9. The molecule has 1 atom stereocenters. The Morgan fingerprint density at radius 3 is 2.19 bits per heavy atom. The number of hydrogen-bond donors (Lipinski definition) is 2. The number of rotatable bonds is 7. The summed E-state index contributed by atoms with van der Waals surface area (Å²) in [6, 6.07) is 16.7. The molecule has 0 saturated carbocycles. The molecule has 1 fully saturated rings. The van der Waals surface area contributed by atoms with Crippen LogP contribution in [0.3, 0.4) is 0 Å². The quantitative estimate of drug-likeness (QED) is 0.501. The highest BCUT2D eigenvalue weighted by Crippen LogP contribution is 2.28. The summed E-state index contributed by atoms with van der Waals surface area (Å²) in [4.78, 5) is 32.4. The Labute approximate surface area is 179 Å². The molecule has 0 spiro atoms. The van der Waals surface area contributed by atoms with Crippen LogP contribution >= 0.6 is 0 Å². The van der Waals surface area contributed by atoms with Crippen molar-refractivity contribution in [3.63, 3.8) is 0 Å². The molecule has 166 valence electrons. The molecule has 0 aliphatic carbocycles. The molecule has 1 aliphatic rings. The van der Waals surface area contributed by atoms with Crippen LogP contribution in [0.25, 0.3) is 0 Å². The topological polar surface area (TPSA) is 123 Å². The molecule has 1 aliphatic heterocycles. The number of carboxylic acid groups (broad SMARTS) is 2. The molecule has 2 aromatic rings. The van der Waals surface area contributed by atoms with E-state index in [1.165, 1.54) is 0 Å². The average molecular weight is 431 g/mol. The van der Waals surface area contributed by atoms with Gasteiger partial charge in [-0.15, -0.1) is 0 Å². The van der Waals surface area contributed by atoms with E-state index in [0.29, 0.717) is 18.7 Å². The van der Waals surface area contributed by atoms with Crippen molar-refractivity contribution in [1.29, 1.82) is 0 Å². The average Bonchev–Trinajstić information content (AvgIpc) is 3.22. The summed E-state index contributed by atoms with van der Waals surface area (Å²) >= 11 is 0. The van der Waals surface area contributed by atoms with Gasteiger partial charge in [0.2, 0.25) is 0 Å². The van der Waals surface area contributed by atoms with Crippen molar-refractivity contribution in [1.82, 2.24) is 4.90 Å². The van der Waals surface area contributed by atoms with Crippen molar-refractivity contribution in [2.75, 3.05) is 33.4 Å². The van der Waals surface area contributed by atoms with Gasteiger partial charge in [-0.25, -0.2) is 14.4 Å². The minimum absolute atomic E-state index is 0.126. The first-order valence-corrected chi connectivity index (χ1v) is 9.61. The number of nitrogens with zero attached hydrogens (tertiary/aromatic N) is 1. The standard InChI is InChI=1S/C20H23NO4.C2H2O4/c1-23-18-9-5-6-10-19(18)25-17-11-12-21(15-17)13-14-24-20(22)16-7-3-2-4-8-16;3-1(4)2(5)6/h2-10,17H,11-15H2,1H3;(H,3,4)(H,5,6). The second kappa shape index (κ2) is 12.2. The zero-order valence-electron chi connectivity index (χ0n) is 17.1. The fourth-order valence-electron chi connectivity index (χ4n) is 2.92. The summed E-state index contributed by atoms with van der Waals surface area (Å²) in [5, 5.41) is 14.8. The predicted octanol–water partition coefficient (Wildman–Crippen LogP) is 2.16. The second-order valence-electron chi connectivity index (χ2n) is 6.59. The maximum atomic E-state index is 11.9. The largest absolute Gasteiger partial charge is 0.493 e. The fourth-order valence-corrected chi connectivity index (χ4v) is 2.92. The van der Waals surface area contributed by atoms with Gasteiger partial charge in [-0.2, -0.15) is 0 Å². The number of carboxylic acids is 2. The van der Waals surface area contributed by atoms with Gasteiger partial charge in [-0.1, -0.05) is 30.3 Å². The van der Waals surface area contributed by atoms with E-state index in [-0.39, 0.29) is 12.1 Å². The molecular weight excluding hydrogens is 406 g/mol. The summed E-state index contributed by atoms with van der Waals surface area (Å²) in [6.45, 7) is 2.85. The summed E-state index contributed by atoms with van der Waals surface area (Å²) in [6.07, 6.45) is 1.08. The van der Waals surface area contributed by atoms with Crippen LogP contribution in [0.5, 0.6) is 11.5 Å². The highest BCUT2D eigenvalue weighted by molar-refractivity contribution is 6.27. The minimum Gasteiger partial charge on any atom is -0.493 e. The summed E-state index contributed by atoms with van der Waals surface area (Å²) in [7, 11) is 1.64. The molecule has 0 radical (unpaired) electrons. The van der Waals surface area contributed by atoms with E-state index in [0.717, 1.165) is 31.0 Å². The Hall–Kier alpha value is -3.59. The number of para-hydroxylation sites is 2. The number of esters is 1. The lowest BCUT2D eigenvalue weighted by atomic mass is 10.2. The number of likely N-dealkylation sites (tertiary alicyclic amines) is 1. The lowest BCUT2D eigenvalue weighted by molar-refractivity contribution is -0.159. The van der Waals surface area contributed by atoms with Gasteiger partial charge in [0.25, 0.3) is 0 Å². The van der Waals surface area contributed by atoms with Crippen LogP contribution in [0.4, 0.5) is 0 Å². The maximum absolute atomic E-state index is 11.9. The number of carbonyl (C=O) groups is 3. The third-order valence-electron chi connectivity index (χ3n) is 4.42. The first kappa shape index (κ1) is 23.7. The van der Waals surface area contributed by atoms with Crippen molar-refractivity contribution in [2.45, 2.75) is 12.5 Å². The second-order valence-corrected chi connectivity index (χ2v) is 6.59. The van der Waals surface area contributed by atoms with E-state index >= 15 is 0 Å². The van der Waals surface area contributed by atoms with Crippen molar-refractivity contribution in [2.24, 2.45) is 0 Å². The minimum atomic E-state index is -1.82. The van der Waals surface area contributed by atoms with E-state index in [1.807, 2.05) is 42.5 Å². The predicted molar refractivity (Wildman–Crippen MR) is 110 cm³/mol. The number of ether oxygens (including phenoxy) is 3. The summed E-state index contributed by atoms with van der Waals surface area (Å²) < 4.78 is 16.7. The number of carbonyl (C=O) groups excluding carboxylic acids is 1. The maximum Gasteiger partial charge on any atom is 0.414 e. The van der Waals surface area contributed by atoms with E-state index in [1.54, 1.807) is 19.2 Å². The van der Waals surface area contributed by atoms with Gasteiger partial charge in [0.1, 0.15) is 12.7 Å². The van der Waals surface area contributed by atoms with Gasteiger partial charge < -0.3 is 24.4 Å². The van der Waals surface area contributed by atoms with Crippen LogP contribution in [0, 0.1) is 0 Å². The van der Waals surface area contributed by atoms with E-state index < -0.39 is 11.9 Å². The van der Waals surface area contributed by atoms with E-state index in [9.17, 15) is 4.79 Å². The zero-order valence-corrected chi connectivity index (χ0v) is 17.1. The molecule has 2 aromatic carbocycles. The number of aliphatic carboxylic acids is 2. The lowest BCUT2D eigenvalue weighted by Crippen LogP contribution is -2.28. The van der Waals surface area contributed by atoms with E-state index in [2.05, 4.69) is 4.90 Å². The molecule has 9 heteroatoms. The third kappa shape index (κ3) is 7.98. The first-order valence-electron chi connectivity index (χ1n) is 9.61. The molecule has 31 heavy (non-hydrogen) atoms. The van der Waals surface area contributed by atoms with Gasteiger partial charge in [-0.3, -0.25) is 4.90 Å². The molecule has 2 N–H and O–H groups in total. The van der Waals surface area contributed by atoms with Crippen molar-refractivity contribution >= 4 is 17.9 Å². The Morgan fingerprint density at radius 1 is 0.968 bits per heavy atom. The highest BCUT2D eigenvalue weighted by atomic mass is 16.5. The molecule has 0 aromatic heterocycles. The van der Waals surface area contributed by atoms with Gasteiger partial charge in [0, 0.05) is 19.6 Å². The van der Waals surface area contributed by atoms with Crippen LogP contribution in [-0.2, 0) is 14.3 Å². The Balaban J connectivity index is 0.000000501. The lowest BCUT2D eigenvalue weighted by Gasteiger charge is -2.18. The van der Waals surface area contributed by atoms with Crippen molar-refractivity contribution in [3.8, 4) is 11.5 Å². The third-order valence-corrected chi connectivity index (χ3v) is 4.42. The molecule has 1 heterocycles. The summed E-state index contributed by atoms with van der Waals surface area (Å²) in [5.41, 5.74) is 0.585. The van der Waals surface area contributed by atoms with Gasteiger partial charge in [0.15, 0.2) is 11.5 Å². The molecule has 3 rings (SSSR count). The fraction of sp³-hybridized carbons (Fsp3) is 0.318. The van der Waals surface area contributed by atoms with Gasteiger partial charge in [0.05, 0.1) is 12.7 Å². The monoisotopic (exact) mass is 431 g/mol. The Kier molecular flexibility index (Phi) is 9.31. The SMILES string of the molecule is COc1ccccc1OC1CCN(CCOC(=O)c2ccccc2)C1.O=C(O)C(=O)O. The molecule has 1 unspecified atom stereocenters. The van der Waals surface area contributed by atoms with Crippen molar-refractivity contribution < 1.29 is 38.8 Å². The van der Waals surface area contributed by atoms with Crippen molar-refractivity contribution in [3.05, 3.63) is 60.2 Å². The zero-order chi connectivity index (χ0) is 22.6. The number of methoxy groups -OCH3 is 1. The van der Waals surface area contributed by atoms with Crippen LogP contribution in [0.2, 0.25) is 0 Å². The Morgan fingerprint density at radius 2 is 1.58 bits per heavy atom. The van der Waals surface area contributed by atoms with Crippen LogP contribution in [-0.4, -0.2) is 72.5 Å². The van der Waals surface area contributed by atoms with Gasteiger partial charge >= 0.3 is 17.9 Å². The Bertz CT molecular complexity index is 859. The highest BCUT2D eigenvalue weighted by Gasteiger charge is 2.24. The molecule has 0 amide bonds. The molecule has 9 nitrogen and oxygen atoms in total. The van der Waals surface area contributed by atoms with Crippen LogP contribution in [0.1, 0.15) is 16.8 Å². The number of hydrogen-bond acceptors (Lipinski definition) is 7. The van der Waals surface area contributed by atoms with Crippen LogP contribution in [0.15, 0.2) is 54.6 Å². The van der Waals surface area contributed by atoms with Crippen LogP contribution < -0.4 is 9.47 Å². The normalized spacial score (nSPS) is 15.3. The summed E-state index contributed by atoms with van der Waals surface area (Å²) in [5.74, 6) is -2.41.